The third-order valence-corrected chi connectivity index (χ3v) is 3.74. The minimum atomic E-state index is 0.420. The van der Waals surface area contributed by atoms with Crippen molar-refractivity contribution in [2.45, 2.75) is 25.8 Å². The highest BCUT2D eigenvalue weighted by Crippen LogP contribution is 2.28. The third-order valence-electron chi connectivity index (χ3n) is 3.74. The Morgan fingerprint density at radius 1 is 1.10 bits per heavy atom. The molecule has 0 spiro atoms. The molecule has 1 rings (SSSR count). The minimum Gasteiger partial charge on any atom is -0.493 e. The Hall–Kier alpha value is -1.26. The molecule has 0 heterocycles. The molecular weight excluding hydrogens is 254 g/mol. The smallest absolute Gasteiger partial charge is 0.160 e. The van der Waals surface area contributed by atoms with Gasteiger partial charge in [-0.15, -0.1) is 0 Å². The molecule has 2 unspecified atom stereocenters. The second-order valence-electron chi connectivity index (χ2n) is 5.05. The lowest BCUT2D eigenvalue weighted by Gasteiger charge is -2.24. The molecule has 1 aromatic rings. The van der Waals surface area contributed by atoms with Gasteiger partial charge in [-0.05, 0) is 43.5 Å². The first-order chi connectivity index (χ1) is 9.65. The molecule has 0 aliphatic carbocycles. The van der Waals surface area contributed by atoms with Crippen molar-refractivity contribution in [3.05, 3.63) is 23.8 Å². The fourth-order valence-corrected chi connectivity index (χ4v) is 2.35. The van der Waals surface area contributed by atoms with Crippen LogP contribution in [0.5, 0.6) is 11.5 Å². The molecule has 0 amide bonds. The highest BCUT2D eigenvalue weighted by atomic mass is 16.5. The average molecular weight is 281 g/mol. The number of methoxy groups -OCH3 is 3. The molecular formula is C16H27NO3. The Labute approximate surface area is 122 Å². The van der Waals surface area contributed by atoms with Gasteiger partial charge in [0, 0.05) is 19.8 Å². The zero-order chi connectivity index (χ0) is 15.0. The van der Waals surface area contributed by atoms with Crippen LogP contribution in [0.25, 0.3) is 0 Å². The lowest BCUT2D eigenvalue weighted by molar-refractivity contribution is 0.171. The van der Waals surface area contributed by atoms with Crippen molar-refractivity contribution < 1.29 is 14.2 Å². The Morgan fingerprint density at radius 3 is 2.35 bits per heavy atom. The van der Waals surface area contributed by atoms with E-state index in [0.717, 1.165) is 30.9 Å². The Morgan fingerprint density at radius 2 is 1.80 bits per heavy atom. The van der Waals surface area contributed by atoms with Crippen molar-refractivity contribution in [1.29, 1.82) is 0 Å². The van der Waals surface area contributed by atoms with Crippen LogP contribution in [0.2, 0.25) is 0 Å². The zero-order valence-corrected chi connectivity index (χ0v) is 13.2. The number of hydrogen-bond acceptors (Lipinski definition) is 4. The van der Waals surface area contributed by atoms with Gasteiger partial charge in [0.25, 0.3) is 0 Å². The largest absolute Gasteiger partial charge is 0.493 e. The molecule has 0 aliphatic heterocycles. The van der Waals surface area contributed by atoms with E-state index in [1.54, 1.807) is 21.3 Å². The monoisotopic (exact) mass is 281 g/mol. The molecule has 1 N–H and O–H groups in total. The molecule has 0 aliphatic rings. The molecule has 2 atom stereocenters. The van der Waals surface area contributed by atoms with Gasteiger partial charge in [-0.2, -0.15) is 0 Å². The predicted octanol–water partition coefficient (Wildman–Crippen LogP) is 2.51. The first-order valence-electron chi connectivity index (χ1n) is 7.03. The van der Waals surface area contributed by atoms with E-state index in [1.807, 2.05) is 19.2 Å². The summed E-state index contributed by atoms with van der Waals surface area (Å²) < 4.78 is 15.8. The maximum Gasteiger partial charge on any atom is 0.160 e. The first kappa shape index (κ1) is 16.8. The van der Waals surface area contributed by atoms with Crippen LogP contribution in [-0.4, -0.2) is 41.0 Å². The topological polar surface area (TPSA) is 39.7 Å². The van der Waals surface area contributed by atoms with Crippen LogP contribution in [0, 0.1) is 5.92 Å². The molecule has 0 radical (unpaired) electrons. The molecule has 0 saturated heterocycles. The van der Waals surface area contributed by atoms with Crippen molar-refractivity contribution in [1.82, 2.24) is 5.32 Å². The van der Waals surface area contributed by atoms with Gasteiger partial charge in [0.05, 0.1) is 14.2 Å². The summed E-state index contributed by atoms with van der Waals surface area (Å²) in [5.74, 6) is 2.10. The number of benzene rings is 1. The first-order valence-corrected chi connectivity index (χ1v) is 7.03. The molecule has 0 fully saturated rings. The number of rotatable bonds is 9. The highest BCUT2D eigenvalue weighted by Gasteiger charge is 2.16. The molecule has 0 saturated carbocycles. The van der Waals surface area contributed by atoms with Crippen LogP contribution in [0.1, 0.15) is 18.9 Å². The summed E-state index contributed by atoms with van der Waals surface area (Å²) >= 11 is 0. The second-order valence-corrected chi connectivity index (χ2v) is 5.05. The zero-order valence-electron chi connectivity index (χ0n) is 13.2. The van der Waals surface area contributed by atoms with Crippen molar-refractivity contribution >= 4 is 0 Å². The standard InChI is InChI=1S/C16H27NO3/c1-12(8-9-18-3)14(17-2)10-13-6-7-15(19-4)16(11-13)20-5/h6-7,11-12,14,17H,8-10H2,1-5H3. The summed E-state index contributed by atoms with van der Waals surface area (Å²) in [5.41, 5.74) is 1.24. The predicted molar refractivity (Wildman–Crippen MR) is 81.8 cm³/mol. The van der Waals surface area contributed by atoms with Crippen molar-refractivity contribution in [2.75, 3.05) is 35.0 Å². The summed E-state index contributed by atoms with van der Waals surface area (Å²) in [6, 6.07) is 6.52. The number of hydrogen-bond donors (Lipinski definition) is 1. The van der Waals surface area contributed by atoms with E-state index < -0.39 is 0 Å². The SMILES string of the molecule is CNC(Cc1ccc(OC)c(OC)c1)C(C)CCOC. The van der Waals surface area contributed by atoms with Crippen LogP contribution in [0.4, 0.5) is 0 Å². The lowest BCUT2D eigenvalue weighted by atomic mass is 9.92. The molecule has 0 bridgehead atoms. The Kier molecular flexibility index (Phi) is 7.41. The van der Waals surface area contributed by atoms with E-state index in [2.05, 4.69) is 18.3 Å². The highest BCUT2D eigenvalue weighted by molar-refractivity contribution is 5.43. The Balaban J connectivity index is 2.74. The second kappa shape index (κ2) is 8.82. The molecule has 1 aromatic carbocycles. The van der Waals surface area contributed by atoms with Crippen LogP contribution >= 0.6 is 0 Å². The van der Waals surface area contributed by atoms with E-state index in [-0.39, 0.29) is 0 Å². The summed E-state index contributed by atoms with van der Waals surface area (Å²) in [6.45, 7) is 3.05. The van der Waals surface area contributed by atoms with Crippen molar-refractivity contribution in [2.24, 2.45) is 5.92 Å². The van der Waals surface area contributed by atoms with E-state index in [9.17, 15) is 0 Å². The normalized spacial score (nSPS) is 13.8. The fourth-order valence-electron chi connectivity index (χ4n) is 2.35. The minimum absolute atomic E-state index is 0.420. The van der Waals surface area contributed by atoms with Crippen LogP contribution in [0.15, 0.2) is 18.2 Å². The van der Waals surface area contributed by atoms with Crippen LogP contribution in [-0.2, 0) is 11.2 Å². The molecule has 114 valence electrons. The third kappa shape index (κ3) is 4.69. The van der Waals surface area contributed by atoms with E-state index in [4.69, 9.17) is 14.2 Å². The fraction of sp³-hybridized carbons (Fsp3) is 0.625. The molecule has 20 heavy (non-hydrogen) atoms. The van der Waals surface area contributed by atoms with E-state index in [1.165, 1.54) is 5.56 Å². The maximum absolute atomic E-state index is 5.35. The number of ether oxygens (including phenoxy) is 3. The summed E-state index contributed by atoms with van der Waals surface area (Å²) in [4.78, 5) is 0. The van der Waals surface area contributed by atoms with Gasteiger partial charge in [0.15, 0.2) is 11.5 Å². The van der Waals surface area contributed by atoms with Crippen molar-refractivity contribution in [3.8, 4) is 11.5 Å². The van der Waals surface area contributed by atoms with Crippen LogP contribution < -0.4 is 14.8 Å². The van der Waals surface area contributed by atoms with Gasteiger partial charge in [-0.3, -0.25) is 0 Å². The van der Waals surface area contributed by atoms with E-state index >= 15 is 0 Å². The van der Waals surface area contributed by atoms with Gasteiger partial charge in [-0.25, -0.2) is 0 Å². The summed E-state index contributed by atoms with van der Waals surface area (Å²) in [5, 5.41) is 3.40. The molecule has 4 heteroatoms. The summed E-state index contributed by atoms with van der Waals surface area (Å²) in [7, 11) is 7.07. The summed E-state index contributed by atoms with van der Waals surface area (Å²) in [6.07, 6.45) is 2.01. The average Bonchev–Trinajstić information content (AvgIpc) is 2.49. The van der Waals surface area contributed by atoms with E-state index in [0.29, 0.717) is 12.0 Å². The Bertz CT molecular complexity index is 395. The lowest BCUT2D eigenvalue weighted by Crippen LogP contribution is -2.34. The van der Waals surface area contributed by atoms with Gasteiger partial charge in [0.2, 0.25) is 0 Å². The number of likely N-dealkylation sites (N-methyl/N-ethyl adjacent to an activating group) is 1. The molecule has 0 aromatic heterocycles. The van der Waals surface area contributed by atoms with Gasteiger partial charge in [0.1, 0.15) is 0 Å². The van der Waals surface area contributed by atoms with Gasteiger partial charge in [-0.1, -0.05) is 13.0 Å². The van der Waals surface area contributed by atoms with Gasteiger partial charge >= 0.3 is 0 Å². The quantitative estimate of drug-likeness (QED) is 0.755. The van der Waals surface area contributed by atoms with Crippen molar-refractivity contribution in [3.63, 3.8) is 0 Å². The molecule has 4 nitrogen and oxygen atoms in total. The maximum atomic E-state index is 5.35. The number of nitrogens with one attached hydrogen (secondary N) is 1. The van der Waals surface area contributed by atoms with Gasteiger partial charge < -0.3 is 19.5 Å². The van der Waals surface area contributed by atoms with Crippen LogP contribution in [0.3, 0.4) is 0 Å².